The highest BCUT2D eigenvalue weighted by molar-refractivity contribution is 5.81. The van der Waals surface area contributed by atoms with Crippen LogP contribution in [-0.2, 0) is 6.54 Å². The molecule has 0 saturated heterocycles. The molecule has 1 aromatic carbocycles. The summed E-state index contributed by atoms with van der Waals surface area (Å²) in [5, 5.41) is 13.1. The van der Waals surface area contributed by atoms with Gasteiger partial charge in [-0.2, -0.15) is 0 Å². The van der Waals surface area contributed by atoms with Crippen molar-refractivity contribution in [3.8, 4) is 0 Å². The molecule has 1 heterocycles. The Labute approximate surface area is 106 Å². The topological polar surface area (TPSA) is 45.1 Å². The van der Waals surface area contributed by atoms with E-state index in [-0.39, 0.29) is 11.9 Å². The molecule has 18 heavy (non-hydrogen) atoms. The van der Waals surface area contributed by atoms with Gasteiger partial charge in [0.05, 0.1) is 11.6 Å². The minimum absolute atomic E-state index is 0.247. The number of benzene rings is 1. The summed E-state index contributed by atoms with van der Waals surface area (Å²) in [4.78, 5) is 4.28. The second-order valence-electron chi connectivity index (χ2n) is 4.45. The molecule has 2 aromatic rings. The molecule has 96 valence electrons. The fraction of sp³-hybridized carbons (Fsp3) is 0.357. The van der Waals surface area contributed by atoms with Crippen molar-refractivity contribution >= 4 is 10.9 Å². The van der Waals surface area contributed by atoms with E-state index in [1.54, 1.807) is 19.2 Å². The van der Waals surface area contributed by atoms with E-state index in [1.165, 1.54) is 12.1 Å². The summed E-state index contributed by atoms with van der Waals surface area (Å²) >= 11 is 0. The van der Waals surface area contributed by atoms with Gasteiger partial charge in [-0.3, -0.25) is 4.98 Å². The summed E-state index contributed by atoms with van der Waals surface area (Å²) in [6, 6.07) is 6.64. The number of rotatable bonds is 5. The average Bonchev–Trinajstić information content (AvgIpc) is 2.34. The number of nitrogens with zero attached hydrogens (tertiary/aromatic N) is 1. The number of hydrogen-bond donors (Lipinski definition) is 2. The Balaban J connectivity index is 2.12. The van der Waals surface area contributed by atoms with Gasteiger partial charge in [0.2, 0.25) is 0 Å². The number of pyridine rings is 1. The van der Waals surface area contributed by atoms with Crippen molar-refractivity contribution in [1.82, 2.24) is 10.3 Å². The molecule has 1 aromatic heterocycles. The summed E-state index contributed by atoms with van der Waals surface area (Å²) in [5.74, 6) is -0.247. The molecular weight excluding hydrogens is 231 g/mol. The second-order valence-corrected chi connectivity index (χ2v) is 4.45. The van der Waals surface area contributed by atoms with Crippen LogP contribution in [0, 0.1) is 5.82 Å². The zero-order valence-electron chi connectivity index (χ0n) is 10.4. The molecule has 4 heteroatoms. The molecule has 1 atom stereocenters. The maximum absolute atomic E-state index is 13.4. The van der Waals surface area contributed by atoms with Gasteiger partial charge in [-0.15, -0.1) is 0 Å². The third kappa shape index (κ3) is 3.24. The van der Waals surface area contributed by atoms with Crippen LogP contribution in [-0.4, -0.2) is 22.7 Å². The maximum atomic E-state index is 13.4. The van der Waals surface area contributed by atoms with Gasteiger partial charge in [0.1, 0.15) is 5.82 Å². The van der Waals surface area contributed by atoms with Crippen molar-refractivity contribution in [3.63, 3.8) is 0 Å². The molecule has 0 bridgehead atoms. The zero-order chi connectivity index (χ0) is 13.0. The smallest absolute Gasteiger partial charge is 0.124 e. The summed E-state index contributed by atoms with van der Waals surface area (Å²) in [7, 11) is 0. The van der Waals surface area contributed by atoms with Crippen molar-refractivity contribution in [2.75, 3.05) is 6.54 Å². The summed E-state index contributed by atoms with van der Waals surface area (Å²) in [6.07, 6.45) is 2.07. The molecule has 1 unspecified atom stereocenters. The van der Waals surface area contributed by atoms with Gasteiger partial charge in [-0.1, -0.05) is 6.07 Å². The lowest BCUT2D eigenvalue weighted by Gasteiger charge is -2.09. The van der Waals surface area contributed by atoms with E-state index in [4.69, 9.17) is 5.11 Å². The molecule has 0 radical (unpaired) electrons. The normalized spacial score (nSPS) is 12.8. The first-order valence-corrected chi connectivity index (χ1v) is 6.09. The van der Waals surface area contributed by atoms with Crippen molar-refractivity contribution in [3.05, 3.63) is 41.8 Å². The number of aliphatic hydroxyl groups is 1. The molecule has 0 aliphatic rings. The average molecular weight is 248 g/mol. The molecule has 3 nitrogen and oxygen atoms in total. The Kier molecular flexibility index (Phi) is 4.23. The van der Waals surface area contributed by atoms with Gasteiger partial charge >= 0.3 is 0 Å². The molecule has 0 aliphatic heterocycles. The standard InChI is InChI=1S/C14H17FN2O/c1-10(18)4-6-16-9-12-8-13(15)7-11-3-2-5-17-14(11)12/h2-3,5,7-8,10,16,18H,4,6,9H2,1H3. The van der Waals surface area contributed by atoms with E-state index in [0.29, 0.717) is 19.5 Å². The van der Waals surface area contributed by atoms with Gasteiger partial charge in [0.15, 0.2) is 0 Å². The Morgan fingerprint density at radius 3 is 3.06 bits per heavy atom. The van der Waals surface area contributed by atoms with E-state index >= 15 is 0 Å². The molecule has 2 rings (SSSR count). The third-order valence-electron chi connectivity index (χ3n) is 2.80. The third-order valence-corrected chi connectivity index (χ3v) is 2.80. The van der Waals surface area contributed by atoms with Crippen molar-refractivity contribution in [2.24, 2.45) is 0 Å². The minimum Gasteiger partial charge on any atom is -0.393 e. The fourth-order valence-corrected chi connectivity index (χ4v) is 1.90. The first kappa shape index (κ1) is 12.9. The number of aliphatic hydroxyl groups excluding tert-OH is 1. The molecule has 0 amide bonds. The molecule has 0 fully saturated rings. The monoisotopic (exact) mass is 248 g/mol. The lowest BCUT2D eigenvalue weighted by atomic mass is 10.1. The van der Waals surface area contributed by atoms with Gasteiger partial charge in [0.25, 0.3) is 0 Å². The highest BCUT2D eigenvalue weighted by Crippen LogP contribution is 2.18. The molecular formula is C14H17FN2O. The van der Waals surface area contributed by atoms with Gasteiger partial charge < -0.3 is 10.4 Å². The lowest BCUT2D eigenvalue weighted by molar-refractivity contribution is 0.183. The summed E-state index contributed by atoms with van der Waals surface area (Å²) in [6.45, 7) is 3.00. The first-order chi connectivity index (χ1) is 8.66. The molecule has 2 N–H and O–H groups in total. The van der Waals surface area contributed by atoms with Crippen LogP contribution in [0.25, 0.3) is 10.9 Å². The zero-order valence-corrected chi connectivity index (χ0v) is 10.4. The van der Waals surface area contributed by atoms with E-state index in [9.17, 15) is 4.39 Å². The van der Waals surface area contributed by atoms with E-state index in [1.807, 2.05) is 6.07 Å². The minimum atomic E-state index is -0.320. The molecule has 0 spiro atoms. The van der Waals surface area contributed by atoms with Crippen LogP contribution in [0.1, 0.15) is 18.9 Å². The van der Waals surface area contributed by atoms with Crippen molar-refractivity contribution in [2.45, 2.75) is 26.0 Å². The highest BCUT2D eigenvalue weighted by atomic mass is 19.1. The number of halogens is 1. The Bertz CT molecular complexity index is 528. The molecule has 0 saturated carbocycles. The predicted molar refractivity (Wildman–Crippen MR) is 69.7 cm³/mol. The van der Waals surface area contributed by atoms with Crippen LogP contribution in [0.5, 0.6) is 0 Å². The van der Waals surface area contributed by atoms with Crippen LogP contribution in [0.15, 0.2) is 30.5 Å². The van der Waals surface area contributed by atoms with Crippen LogP contribution < -0.4 is 5.32 Å². The Morgan fingerprint density at radius 2 is 2.28 bits per heavy atom. The number of fused-ring (bicyclic) bond motifs is 1. The second kappa shape index (κ2) is 5.89. The van der Waals surface area contributed by atoms with E-state index in [0.717, 1.165) is 16.5 Å². The van der Waals surface area contributed by atoms with Gasteiger partial charge in [0, 0.05) is 18.1 Å². The van der Waals surface area contributed by atoms with Crippen molar-refractivity contribution in [1.29, 1.82) is 0 Å². The van der Waals surface area contributed by atoms with Crippen LogP contribution in [0.2, 0.25) is 0 Å². The first-order valence-electron chi connectivity index (χ1n) is 6.09. The highest BCUT2D eigenvalue weighted by Gasteiger charge is 2.05. The predicted octanol–water partition coefficient (Wildman–Crippen LogP) is 2.23. The quantitative estimate of drug-likeness (QED) is 0.798. The Morgan fingerprint density at radius 1 is 1.44 bits per heavy atom. The lowest BCUT2D eigenvalue weighted by Crippen LogP contribution is -2.19. The van der Waals surface area contributed by atoms with Crippen LogP contribution >= 0.6 is 0 Å². The number of aromatic nitrogens is 1. The summed E-state index contributed by atoms with van der Waals surface area (Å²) < 4.78 is 13.4. The van der Waals surface area contributed by atoms with E-state index < -0.39 is 0 Å². The van der Waals surface area contributed by atoms with Crippen molar-refractivity contribution < 1.29 is 9.50 Å². The molecule has 0 aliphatic carbocycles. The van der Waals surface area contributed by atoms with Crippen LogP contribution in [0.3, 0.4) is 0 Å². The number of nitrogens with one attached hydrogen (secondary N) is 1. The summed E-state index contributed by atoms with van der Waals surface area (Å²) in [5.41, 5.74) is 1.67. The van der Waals surface area contributed by atoms with Gasteiger partial charge in [-0.05, 0) is 43.7 Å². The van der Waals surface area contributed by atoms with Crippen LogP contribution in [0.4, 0.5) is 4.39 Å². The largest absolute Gasteiger partial charge is 0.393 e. The number of hydrogen-bond acceptors (Lipinski definition) is 3. The Hall–Kier alpha value is -1.52. The van der Waals surface area contributed by atoms with Gasteiger partial charge in [-0.25, -0.2) is 4.39 Å². The van der Waals surface area contributed by atoms with E-state index in [2.05, 4.69) is 10.3 Å². The fourth-order valence-electron chi connectivity index (χ4n) is 1.90. The SMILES string of the molecule is CC(O)CCNCc1cc(F)cc2cccnc12. The maximum Gasteiger partial charge on any atom is 0.124 e.